The van der Waals surface area contributed by atoms with Crippen LogP contribution in [-0.4, -0.2) is 26.6 Å². The number of aromatic nitrogens is 2. The van der Waals surface area contributed by atoms with Crippen LogP contribution in [-0.2, 0) is 0 Å². The van der Waals surface area contributed by atoms with Gasteiger partial charge in [-0.3, -0.25) is 9.59 Å². The number of Topliss-reactive ketones (excluding diaryl/α,β-unsaturated/α-hetero) is 1. The first kappa shape index (κ1) is 16.8. The van der Waals surface area contributed by atoms with E-state index in [1.165, 1.54) is 0 Å². The predicted octanol–water partition coefficient (Wildman–Crippen LogP) is 3.42. The van der Waals surface area contributed by atoms with Crippen LogP contribution in [0.2, 0.25) is 0 Å². The van der Waals surface area contributed by atoms with E-state index in [0.29, 0.717) is 11.1 Å². The first-order chi connectivity index (χ1) is 11.5. The lowest BCUT2D eigenvalue weighted by atomic mass is 10.0. The van der Waals surface area contributed by atoms with Gasteiger partial charge in [0.15, 0.2) is 10.9 Å². The van der Waals surface area contributed by atoms with Crippen molar-refractivity contribution in [3.05, 3.63) is 51.3 Å². The van der Waals surface area contributed by atoms with Crippen LogP contribution in [0.25, 0.3) is 0 Å². The minimum absolute atomic E-state index is 0.0398. The summed E-state index contributed by atoms with van der Waals surface area (Å²) in [5.74, 6) is 0.0150. The second kappa shape index (κ2) is 7.21. The number of aryl methyl sites for hydroxylation is 1. The number of ketones is 1. The summed E-state index contributed by atoms with van der Waals surface area (Å²) >= 11 is 1.13. The largest absolute Gasteiger partial charge is 0.493 e. The highest BCUT2D eigenvalue weighted by atomic mass is 32.2. The minimum Gasteiger partial charge on any atom is -0.493 e. The van der Waals surface area contributed by atoms with E-state index < -0.39 is 0 Å². The third-order valence-electron chi connectivity index (χ3n) is 4.39. The van der Waals surface area contributed by atoms with Gasteiger partial charge < -0.3 is 10.1 Å². The Hall–Kier alpha value is -2.08. The van der Waals surface area contributed by atoms with E-state index in [1.807, 2.05) is 19.1 Å². The van der Waals surface area contributed by atoms with Crippen LogP contribution in [0.4, 0.5) is 0 Å². The standard InChI is InChI=1S/C18H20N2O3S/c1-11-6-8-12(9-7-11)14(21)10-24-18-19-16(22)15(17(23)20-18)13-4-2-3-5-13/h6-9,13H,2-5,10H2,1H3,(H2,19,20,22,23). The summed E-state index contributed by atoms with van der Waals surface area (Å²) in [4.78, 5) is 31.2. The van der Waals surface area contributed by atoms with Gasteiger partial charge in [0.25, 0.3) is 5.56 Å². The number of aromatic amines is 1. The Morgan fingerprint density at radius 3 is 2.58 bits per heavy atom. The summed E-state index contributed by atoms with van der Waals surface area (Å²) in [6.45, 7) is 1.96. The quantitative estimate of drug-likeness (QED) is 0.493. The van der Waals surface area contributed by atoms with Gasteiger partial charge >= 0.3 is 0 Å². The molecule has 1 aliphatic carbocycles. The molecule has 0 atom stereocenters. The van der Waals surface area contributed by atoms with Gasteiger partial charge in [-0.05, 0) is 25.7 Å². The molecule has 1 fully saturated rings. The number of carbonyl (C=O) groups is 1. The fraction of sp³-hybridized carbons (Fsp3) is 0.389. The molecule has 1 heterocycles. The van der Waals surface area contributed by atoms with Gasteiger partial charge in [-0.15, -0.1) is 0 Å². The van der Waals surface area contributed by atoms with E-state index in [1.54, 1.807) is 12.1 Å². The number of nitrogens with zero attached hydrogens (tertiary/aromatic N) is 1. The highest BCUT2D eigenvalue weighted by Gasteiger charge is 2.24. The molecule has 1 aromatic carbocycles. The van der Waals surface area contributed by atoms with Crippen molar-refractivity contribution in [2.75, 3.05) is 5.75 Å². The number of hydrogen-bond donors (Lipinski definition) is 2. The average molecular weight is 344 g/mol. The van der Waals surface area contributed by atoms with Gasteiger partial charge in [0, 0.05) is 5.56 Å². The molecule has 0 radical (unpaired) electrons. The molecule has 2 N–H and O–H groups in total. The van der Waals surface area contributed by atoms with Crippen LogP contribution in [0.1, 0.15) is 53.1 Å². The number of hydrogen-bond acceptors (Lipinski definition) is 5. The maximum Gasteiger partial charge on any atom is 0.258 e. The van der Waals surface area contributed by atoms with Gasteiger partial charge in [-0.25, -0.2) is 0 Å². The van der Waals surface area contributed by atoms with Gasteiger partial charge in [0.2, 0.25) is 5.88 Å². The molecule has 1 aliphatic rings. The molecular formula is C18H20N2O3S. The highest BCUT2D eigenvalue weighted by molar-refractivity contribution is 7.99. The Kier molecular flexibility index (Phi) is 5.04. The molecule has 0 amide bonds. The van der Waals surface area contributed by atoms with Crippen molar-refractivity contribution in [1.82, 2.24) is 9.97 Å². The van der Waals surface area contributed by atoms with Gasteiger partial charge in [0.1, 0.15) is 0 Å². The van der Waals surface area contributed by atoms with E-state index in [4.69, 9.17) is 0 Å². The smallest absolute Gasteiger partial charge is 0.258 e. The maximum atomic E-state index is 12.2. The molecule has 6 heteroatoms. The Bertz CT molecular complexity index is 793. The fourth-order valence-electron chi connectivity index (χ4n) is 3.06. The third kappa shape index (κ3) is 3.70. The summed E-state index contributed by atoms with van der Waals surface area (Å²) in [6, 6.07) is 7.35. The minimum atomic E-state index is -0.292. The van der Waals surface area contributed by atoms with Crippen LogP contribution < -0.4 is 5.56 Å². The predicted molar refractivity (Wildman–Crippen MR) is 94.0 cm³/mol. The topological polar surface area (TPSA) is 83.0 Å². The maximum absolute atomic E-state index is 12.2. The number of nitrogens with one attached hydrogen (secondary N) is 1. The molecule has 1 aromatic heterocycles. The van der Waals surface area contributed by atoms with E-state index >= 15 is 0 Å². The average Bonchev–Trinajstić information content (AvgIpc) is 3.07. The summed E-state index contributed by atoms with van der Waals surface area (Å²) in [7, 11) is 0. The Balaban J connectivity index is 1.70. The molecule has 0 saturated heterocycles. The molecular weight excluding hydrogens is 324 g/mol. The first-order valence-electron chi connectivity index (χ1n) is 8.10. The zero-order valence-corrected chi connectivity index (χ0v) is 14.4. The molecule has 0 aliphatic heterocycles. The monoisotopic (exact) mass is 344 g/mol. The first-order valence-corrected chi connectivity index (χ1v) is 9.09. The second-order valence-corrected chi connectivity index (χ2v) is 7.13. The Morgan fingerprint density at radius 2 is 1.96 bits per heavy atom. The second-order valence-electron chi connectivity index (χ2n) is 6.17. The molecule has 126 valence electrons. The lowest BCUT2D eigenvalue weighted by Crippen LogP contribution is -2.17. The Morgan fingerprint density at radius 1 is 1.29 bits per heavy atom. The van der Waals surface area contributed by atoms with Crippen molar-refractivity contribution in [3.8, 4) is 5.88 Å². The molecule has 0 bridgehead atoms. The molecule has 5 nitrogen and oxygen atoms in total. The van der Waals surface area contributed by atoms with Crippen LogP contribution in [0.3, 0.4) is 0 Å². The van der Waals surface area contributed by atoms with Crippen LogP contribution in [0.5, 0.6) is 5.88 Å². The lowest BCUT2D eigenvalue weighted by Gasteiger charge is -2.10. The number of thioether (sulfide) groups is 1. The van der Waals surface area contributed by atoms with Crippen LogP contribution in [0, 0.1) is 6.92 Å². The van der Waals surface area contributed by atoms with Gasteiger partial charge in [0.05, 0.1) is 11.3 Å². The molecule has 0 unspecified atom stereocenters. The van der Waals surface area contributed by atoms with Crippen molar-refractivity contribution >= 4 is 17.5 Å². The highest BCUT2D eigenvalue weighted by Crippen LogP contribution is 2.35. The van der Waals surface area contributed by atoms with Gasteiger partial charge in [-0.1, -0.05) is 54.4 Å². The molecule has 0 spiro atoms. The number of carbonyl (C=O) groups excluding carboxylic acids is 1. The normalized spacial score (nSPS) is 14.9. The number of rotatable bonds is 5. The fourth-order valence-corrected chi connectivity index (χ4v) is 3.81. The van der Waals surface area contributed by atoms with Crippen molar-refractivity contribution in [3.63, 3.8) is 0 Å². The van der Waals surface area contributed by atoms with Crippen LogP contribution in [0.15, 0.2) is 34.2 Å². The molecule has 1 saturated carbocycles. The van der Waals surface area contributed by atoms with Crippen molar-refractivity contribution in [1.29, 1.82) is 0 Å². The molecule has 24 heavy (non-hydrogen) atoms. The SMILES string of the molecule is Cc1ccc(C(=O)CSc2nc(O)c(C3CCCC3)c(=O)[nH]2)cc1. The molecule has 2 aromatic rings. The van der Waals surface area contributed by atoms with E-state index in [9.17, 15) is 14.7 Å². The lowest BCUT2D eigenvalue weighted by molar-refractivity contribution is 0.102. The third-order valence-corrected chi connectivity index (χ3v) is 5.26. The zero-order valence-electron chi connectivity index (χ0n) is 13.5. The number of aromatic hydroxyl groups is 1. The Labute approximate surface area is 144 Å². The van der Waals surface area contributed by atoms with Gasteiger partial charge in [-0.2, -0.15) is 4.98 Å². The van der Waals surface area contributed by atoms with E-state index in [2.05, 4.69) is 9.97 Å². The summed E-state index contributed by atoms with van der Waals surface area (Å²) < 4.78 is 0. The van der Waals surface area contributed by atoms with E-state index in [-0.39, 0.29) is 34.0 Å². The molecule has 3 rings (SSSR count). The van der Waals surface area contributed by atoms with Crippen molar-refractivity contribution < 1.29 is 9.90 Å². The number of H-pyrrole nitrogens is 1. The van der Waals surface area contributed by atoms with Crippen molar-refractivity contribution in [2.24, 2.45) is 0 Å². The van der Waals surface area contributed by atoms with Crippen molar-refractivity contribution in [2.45, 2.75) is 43.7 Å². The zero-order chi connectivity index (χ0) is 17.1. The summed E-state index contributed by atoms with van der Waals surface area (Å²) in [5, 5.41) is 10.4. The van der Waals surface area contributed by atoms with Crippen LogP contribution >= 0.6 is 11.8 Å². The number of benzene rings is 1. The summed E-state index contributed by atoms with van der Waals surface area (Å²) in [5.41, 5.74) is 1.82. The summed E-state index contributed by atoms with van der Waals surface area (Å²) in [6.07, 6.45) is 3.98. The van der Waals surface area contributed by atoms with E-state index in [0.717, 1.165) is 43.0 Å².